The summed E-state index contributed by atoms with van der Waals surface area (Å²) in [5, 5.41) is 8.24. The fraction of sp³-hybridized carbons (Fsp3) is 0.333. The molecule has 35 heavy (non-hydrogen) atoms. The monoisotopic (exact) mass is 470 g/mol. The van der Waals surface area contributed by atoms with Gasteiger partial charge in [0.25, 0.3) is 0 Å². The minimum absolute atomic E-state index is 0.199. The molecule has 0 aliphatic heterocycles. The number of allylic oxidation sites excluding steroid dienone is 1. The average molecular weight is 471 g/mol. The van der Waals surface area contributed by atoms with Crippen LogP contribution in [0.25, 0.3) is 22.6 Å². The summed E-state index contributed by atoms with van der Waals surface area (Å²) in [5.74, 6) is 1.77. The standard InChI is InChI=1S/C27H27FN6O/c1-15(2)24-14-30-34-26(24)32-25(18-9-19(28)13-29-12-18)33-27(34)31-20-5-4-16-8-17-10-21(35-3)6-7-22(17)23(16)11-20/h6-7,9-10,12-15,20H,4-5,8,11H2,1-3H3,(H,31,32,33). The zero-order valence-corrected chi connectivity index (χ0v) is 20.0. The van der Waals surface area contributed by atoms with Gasteiger partial charge in [-0.05, 0) is 66.5 Å². The summed E-state index contributed by atoms with van der Waals surface area (Å²) in [6.07, 6.45) is 8.57. The summed E-state index contributed by atoms with van der Waals surface area (Å²) in [4.78, 5) is 13.5. The number of aromatic nitrogens is 5. The molecule has 8 heteroatoms. The molecule has 3 heterocycles. The van der Waals surface area contributed by atoms with Gasteiger partial charge >= 0.3 is 0 Å². The van der Waals surface area contributed by atoms with Crippen molar-refractivity contribution in [1.82, 2.24) is 24.6 Å². The zero-order chi connectivity index (χ0) is 24.1. The topological polar surface area (TPSA) is 77.2 Å². The quantitative estimate of drug-likeness (QED) is 0.419. The number of nitrogens with one attached hydrogen (secondary N) is 1. The number of pyridine rings is 1. The van der Waals surface area contributed by atoms with Crippen LogP contribution >= 0.6 is 0 Å². The number of rotatable bonds is 5. The van der Waals surface area contributed by atoms with E-state index >= 15 is 0 Å². The summed E-state index contributed by atoms with van der Waals surface area (Å²) in [7, 11) is 1.71. The first-order chi connectivity index (χ1) is 17.0. The molecular formula is C27H27FN6O. The Kier molecular flexibility index (Phi) is 5.24. The maximum absolute atomic E-state index is 13.9. The summed E-state index contributed by atoms with van der Waals surface area (Å²) in [6.45, 7) is 4.22. The van der Waals surface area contributed by atoms with Crippen molar-refractivity contribution in [3.63, 3.8) is 0 Å². The van der Waals surface area contributed by atoms with E-state index in [1.165, 1.54) is 34.5 Å². The van der Waals surface area contributed by atoms with E-state index in [4.69, 9.17) is 14.7 Å². The van der Waals surface area contributed by atoms with E-state index < -0.39 is 5.82 Å². The van der Waals surface area contributed by atoms with Crippen LogP contribution in [0.5, 0.6) is 5.75 Å². The second-order valence-corrected chi connectivity index (χ2v) is 9.62. The van der Waals surface area contributed by atoms with Gasteiger partial charge in [-0.1, -0.05) is 25.5 Å². The first kappa shape index (κ1) is 21.7. The molecule has 0 saturated carbocycles. The number of halogens is 1. The Hall–Kier alpha value is -3.81. The predicted molar refractivity (Wildman–Crippen MR) is 133 cm³/mol. The van der Waals surface area contributed by atoms with Crippen LogP contribution in [0.4, 0.5) is 10.3 Å². The highest BCUT2D eigenvalue weighted by Gasteiger charge is 2.29. The highest BCUT2D eigenvalue weighted by atomic mass is 19.1. The average Bonchev–Trinajstić information content (AvgIpc) is 3.45. The van der Waals surface area contributed by atoms with Gasteiger partial charge in [-0.3, -0.25) is 4.98 Å². The Labute approximate surface area is 203 Å². The lowest BCUT2D eigenvalue weighted by Gasteiger charge is -2.26. The Morgan fingerprint density at radius 3 is 2.83 bits per heavy atom. The van der Waals surface area contributed by atoms with Crippen molar-refractivity contribution >= 4 is 17.2 Å². The first-order valence-electron chi connectivity index (χ1n) is 12.0. The lowest BCUT2D eigenvalue weighted by Crippen LogP contribution is -2.25. The van der Waals surface area contributed by atoms with E-state index in [2.05, 4.69) is 41.4 Å². The summed E-state index contributed by atoms with van der Waals surface area (Å²) >= 11 is 0. The van der Waals surface area contributed by atoms with E-state index in [1.54, 1.807) is 17.8 Å². The highest BCUT2D eigenvalue weighted by Crippen LogP contribution is 2.43. The first-order valence-corrected chi connectivity index (χ1v) is 12.0. The van der Waals surface area contributed by atoms with Crippen molar-refractivity contribution in [3.8, 4) is 17.1 Å². The molecule has 0 fully saturated rings. The van der Waals surface area contributed by atoms with Gasteiger partial charge in [-0.2, -0.15) is 14.6 Å². The van der Waals surface area contributed by atoms with Crippen LogP contribution in [0.2, 0.25) is 0 Å². The number of hydrogen-bond acceptors (Lipinski definition) is 6. The molecule has 0 saturated heterocycles. The molecule has 2 aliphatic carbocycles. The summed E-state index contributed by atoms with van der Waals surface area (Å²) < 4.78 is 21.1. The largest absolute Gasteiger partial charge is 0.497 e. The summed E-state index contributed by atoms with van der Waals surface area (Å²) in [5.41, 5.74) is 7.90. The molecule has 0 amide bonds. The molecule has 4 aromatic rings. The molecule has 6 rings (SSSR count). The van der Waals surface area contributed by atoms with Crippen molar-refractivity contribution < 1.29 is 9.13 Å². The van der Waals surface area contributed by atoms with Crippen molar-refractivity contribution in [2.45, 2.75) is 51.5 Å². The van der Waals surface area contributed by atoms with E-state index in [0.717, 1.165) is 42.6 Å². The Morgan fingerprint density at radius 1 is 1.14 bits per heavy atom. The Bertz CT molecular complexity index is 1470. The van der Waals surface area contributed by atoms with Gasteiger partial charge in [-0.15, -0.1) is 0 Å². The predicted octanol–water partition coefficient (Wildman–Crippen LogP) is 5.43. The molecule has 1 atom stereocenters. The van der Waals surface area contributed by atoms with Crippen LogP contribution in [0, 0.1) is 5.82 Å². The number of ether oxygens (including phenoxy) is 1. The normalized spacial score (nSPS) is 17.1. The number of anilines is 1. The van der Waals surface area contributed by atoms with Gasteiger partial charge in [0.15, 0.2) is 11.5 Å². The van der Waals surface area contributed by atoms with E-state index in [0.29, 0.717) is 17.3 Å². The molecule has 178 valence electrons. The Balaban J connectivity index is 1.36. The molecule has 3 aromatic heterocycles. The lowest BCUT2D eigenvalue weighted by atomic mass is 9.88. The fourth-order valence-electron chi connectivity index (χ4n) is 5.22. The highest BCUT2D eigenvalue weighted by molar-refractivity contribution is 5.78. The van der Waals surface area contributed by atoms with Crippen molar-refractivity contribution in [3.05, 3.63) is 70.9 Å². The van der Waals surface area contributed by atoms with Gasteiger partial charge in [-0.25, -0.2) is 9.37 Å². The molecule has 0 radical (unpaired) electrons. The van der Waals surface area contributed by atoms with E-state index in [9.17, 15) is 4.39 Å². The number of fused-ring (bicyclic) bond motifs is 3. The van der Waals surface area contributed by atoms with Crippen molar-refractivity contribution in [2.75, 3.05) is 12.4 Å². The number of hydrogen-bond donors (Lipinski definition) is 1. The molecular weight excluding hydrogens is 443 g/mol. The maximum atomic E-state index is 13.9. The number of benzene rings is 1. The zero-order valence-electron chi connectivity index (χ0n) is 20.0. The third kappa shape index (κ3) is 3.83. The molecule has 0 spiro atoms. The van der Waals surface area contributed by atoms with Crippen molar-refractivity contribution in [2.24, 2.45) is 0 Å². The minimum Gasteiger partial charge on any atom is -0.497 e. The molecule has 0 bridgehead atoms. The van der Waals surface area contributed by atoms with Crippen LogP contribution in [0.3, 0.4) is 0 Å². The smallest absolute Gasteiger partial charge is 0.228 e. The molecule has 2 aliphatic rings. The third-order valence-corrected chi connectivity index (χ3v) is 7.03. The number of methoxy groups -OCH3 is 1. The number of nitrogens with zero attached hydrogens (tertiary/aromatic N) is 5. The summed E-state index contributed by atoms with van der Waals surface area (Å²) in [6, 6.07) is 7.98. The van der Waals surface area contributed by atoms with Gasteiger partial charge in [0.05, 0.1) is 19.5 Å². The fourth-order valence-corrected chi connectivity index (χ4v) is 5.22. The lowest BCUT2D eigenvalue weighted by molar-refractivity contribution is 0.414. The van der Waals surface area contributed by atoms with Gasteiger partial charge < -0.3 is 10.1 Å². The van der Waals surface area contributed by atoms with Gasteiger partial charge in [0, 0.05) is 23.4 Å². The molecule has 1 N–H and O–H groups in total. The minimum atomic E-state index is -0.415. The SMILES string of the molecule is COc1ccc2c(c1)CC1=C2CC(Nc2nc(-c3cncc(F)c3)nc3c(C(C)C)cnn23)CC1. The Morgan fingerprint density at radius 2 is 2.03 bits per heavy atom. The van der Waals surface area contributed by atoms with E-state index in [1.807, 2.05) is 12.3 Å². The van der Waals surface area contributed by atoms with Crippen LogP contribution in [0.15, 0.2) is 48.4 Å². The maximum Gasteiger partial charge on any atom is 0.228 e. The van der Waals surface area contributed by atoms with Crippen molar-refractivity contribution in [1.29, 1.82) is 0 Å². The van der Waals surface area contributed by atoms with Gasteiger partial charge in [0.2, 0.25) is 5.95 Å². The van der Waals surface area contributed by atoms with Crippen LogP contribution < -0.4 is 10.1 Å². The van der Waals surface area contributed by atoms with Gasteiger partial charge in [0.1, 0.15) is 11.6 Å². The second kappa shape index (κ2) is 8.45. The van der Waals surface area contributed by atoms with Crippen LogP contribution in [-0.4, -0.2) is 37.7 Å². The third-order valence-electron chi connectivity index (χ3n) is 7.03. The molecule has 7 nitrogen and oxygen atoms in total. The molecule has 1 unspecified atom stereocenters. The van der Waals surface area contributed by atoms with Crippen LogP contribution in [-0.2, 0) is 6.42 Å². The second-order valence-electron chi connectivity index (χ2n) is 9.62. The van der Waals surface area contributed by atoms with Crippen LogP contribution in [0.1, 0.15) is 55.7 Å². The molecule has 1 aromatic carbocycles. The van der Waals surface area contributed by atoms with E-state index in [-0.39, 0.29) is 12.0 Å².